The first kappa shape index (κ1) is 13.7. The van der Waals surface area contributed by atoms with Crippen molar-refractivity contribution in [2.75, 3.05) is 7.05 Å². The predicted octanol–water partition coefficient (Wildman–Crippen LogP) is 1.09. The second-order valence-corrected chi connectivity index (χ2v) is 5.81. The lowest BCUT2D eigenvalue weighted by molar-refractivity contribution is -0.129. The monoisotopic (exact) mass is 279 g/mol. The summed E-state index contributed by atoms with van der Waals surface area (Å²) in [6.07, 6.45) is 2.02. The van der Waals surface area contributed by atoms with Gasteiger partial charge in [-0.1, -0.05) is 0 Å². The standard InChI is InChI=1S/C12H17N5OS/c1-8-10(19-9(2)14-8)5-12(18)16(3)6-11-15-13-7-17(11)4/h7H,5-6H2,1-4H3. The zero-order chi connectivity index (χ0) is 14.0. The van der Waals surface area contributed by atoms with Gasteiger partial charge in [-0.15, -0.1) is 21.5 Å². The molecule has 2 rings (SSSR count). The lowest BCUT2D eigenvalue weighted by atomic mass is 10.3. The molecule has 0 fully saturated rings. The lowest BCUT2D eigenvalue weighted by Crippen LogP contribution is -2.28. The number of amides is 1. The Morgan fingerprint density at radius 2 is 2.21 bits per heavy atom. The fraction of sp³-hybridized carbons (Fsp3) is 0.500. The van der Waals surface area contributed by atoms with E-state index in [-0.39, 0.29) is 5.91 Å². The van der Waals surface area contributed by atoms with Crippen molar-refractivity contribution in [1.29, 1.82) is 0 Å². The van der Waals surface area contributed by atoms with Crippen LogP contribution in [0.4, 0.5) is 0 Å². The molecule has 0 N–H and O–H groups in total. The van der Waals surface area contributed by atoms with E-state index < -0.39 is 0 Å². The summed E-state index contributed by atoms with van der Waals surface area (Å²) in [6, 6.07) is 0. The normalized spacial score (nSPS) is 10.7. The molecule has 0 spiro atoms. The number of rotatable bonds is 4. The minimum absolute atomic E-state index is 0.0646. The van der Waals surface area contributed by atoms with Crippen LogP contribution in [0.1, 0.15) is 21.4 Å². The van der Waals surface area contributed by atoms with Gasteiger partial charge in [-0.05, 0) is 13.8 Å². The SMILES string of the molecule is Cc1nc(C)c(CC(=O)N(C)Cc2nncn2C)s1. The predicted molar refractivity (Wildman–Crippen MR) is 72.8 cm³/mol. The number of hydrogen-bond donors (Lipinski definition) is 0. The maximum atomic E-state index is 12.2. The molecular formula is C12H17N5OS. The topological polar surface area (TPSA) is 63.9 Å². The maximum absolute atomic E-state index is 12.2. The van der Waals surface area contributed by atoms with Gasteiger partial charge in [-0.3, -0.25) is 4.79 Å². The molecule has 102 valence electrons. The molecule has 0 aromatic carbocycles. The molecule has 0 unspecified atom stereocenters. The number of thiazole rings is 1. The van der Waals surface area contributed by atoms with Crippen LogP contribution in [0.25, 0.3) is 0 Å². The number of carbonyl (C=O) groups excluding carboxylic acids is 1. The Hall–Kier alpha value is -1.76. The van der Waals surface area contributed by atoms with E-state index in [0.29, 0.717) is 13.0 Å². The zero-order valence-corrected chi connectivity index (χ0v) is 12.4. The van der Waals surface area contributed by atoms with Gasteiger partial charge in [-0.2, -0.15) is 0 Å². The van der Waals surface area contributed by atoms with Gasteiger partial charge < -0.3 is 9.47 Å². The molecule has 2 aromatic rings. The zero-order valence-electron chi connectivity index (χ0n) is 11.5. The van der Waals surface area contributed by atoms with Crippen LogP contribution >= 0.6 is 11.3 Å². The van der Waals surface area contributed by atoms with Crippen molar-refractivity contribution in [3.05, 3.63) is 27.7 Å². The van der Waals surface area contributed by atoms with E-state index in [1.165, 1.54) is 0 Å². The lowest BCUT2D eigenvalue weighted by Gasteiger charge is -2.16. The van der Waals surface area contributed by atoms with Crippen molar-refractivity contribution in [2.45, 2.75) is 26.8 Å². The number of likely N-dealkylation sites (N-methyl/N-ethyl adjacent to an activating group) is 1. The smallest absolute Gasteiger partial charge is 0.228 e. The van der Waals surface area contributed by atoms with E-state index in [2.05, 4.69) is 15.2 Å². The quantitative estimate of drug-likeness (QED) is 0.840. The molecule has 19 heavy (non-hydrogen) atoms. The van der Waals surface area contributed by atoms with Crippen molar-refractivity contribution in [1.82, 2.24) is 24.6 Å². The van der Waals surface area contributed by atoms with Crippen molar-refractivity contribution in [3.8, 4) is 0 Å². The Balaban J connectivity index is 2.00. The molecule has 0 saturated heterocycles. The highest BCUT2D eigenvalue weighted by atomic mass is 32.1. The average Bonchev–Trinajstić information content (AvgIpc) is 2.86. The number of nitrogens with zero attached hydrogens (tertiary/aromatic N) is 5. The minimum atomic E-state index is 0.0646. The van der Waals surface area contributed by atoms with Crippen LogP contribution in [-0.2, 0) is 24.8 Å². The van der Waals surface area contributed by atoms with E-state index in [1.54, 1.807) is 29.6 Å². The summed E-state index contributed by atoms with van der Waals surface area (Å²) in [5.74, 6) is 0.836. The maximum Gasteiger partial charge on any atom is 0.228 e. The van der Waals surface area contributed by atoms with Gasteiger partial charge in [0.05, 0.1) is 23.7 Å². The third kappa shape index (κ3) is 3.17. The third-order valence-electron chi connectivity index (χ3n) is 2.92. The van der Waals surface area contributed by atoms with E-state index in [1.807, 2.05) is 25.5 Å². The van der Waals surface area contributed by atoms with Gasteiger partial charge in [0.1, 0.15) is 6.33 Å². The average molecular weight is 279 g/mol. The molecule has 7 heteroatoms. The van der Waals surface area contributed by atoms with Crippen LogP contribution in [0.15, 0.2) is 6.33 Å². The highest BCUT2D eigenvalue weighted by molar-refractivity contribution is 7.11. The summed E-state index contributed by atoms with van der Waals surface area (Å²) in [6.45, 7) is 4.36. The first-order valence-electron chi connectivity index (χ1n) is 5.97. The van der Waals surface area contributed by atoms with E-state index in [4.69, 9.17) is 0 Å². The molecular weight excluding hydrogens is 262 g/mol. The van der Waals surface area contributed by atoms with Crippen molar-refractivity contribution in [3.63, 3.8) is 0 Å². The van der Waals surface area contributed by atoms with Crippen molar-refractivity contribution >= 4 is 17.2 Å². The Morgan fingerprint density at radius 3 is 2.74 bits per heavy atom. The van der Waals surface area contributed by atoms with Crippen LogP contribution in [0, 0.1) is 13.8 Å². The molecule has 0 radical (unpaired) electrons. The van der Waals surface area contributed by atoms with Crippen LogP contribution in [0.2, 0.25) is 0 Å². The number of aryl methyl sites for hydroxylation is 3. The summed E-state index contributed by atoms with van der Waals surface area (Å²) >= 11 is 1.58. The number of carbonyl (C=O) groups is 1. The summed E-state index contributed by atoms with van der Waals surface area (Å²) in [7, 11) is 3.64. The second kappa shape index (κ2) is 5.48. The first-order valence-corrected chi connectivity index (χ1v) is 6.78. The molecule has 0 bridgehead atoms. The highest BCUT2D eigenvalue weighted by Crippen LogP contribution is 2.18. The van der Waals surface area contributed by atoms with Gasteiger partial charge in [0.15, 0.2) is 5.82 Å². The van der Waals surface area contributed by atoms with Crippen LogP contribution in [-0.4, -0.2) is 37.6 Å². The molecule has 1 amide bonds. The number of aromatic nitrogens is 4. The molecule has 0 aliphatic heterocycles. The summed E-state index contributed by atoms with van der Waals surface area (Å²) in [4.78, 5) is 19.2. The summed E-state index contributed by atoms with van der Waals surface area (Å²) < 4.78 is 1.81. The molecule has 0 saturated carbocycles. The first-order chi connectivity index (χ1) is 8.97. The molecule has 0 aliphatic carbocycles. The largest absolute Gasteiger partial charge is 0.338 e. The fourth-order valence-corrected chi connectivity index (χ4v) is 2.69. The number of hydrogen-bond acceptors (Lipinski definition) is 5. The van der Waals surface area contributed by atoms with E-state index >= 15 is 0 Å². The molecule has 6 nitrogen and oxygen atoms in total. The Bertz CT molecular complexity index is 589. The Kier molecular flexibility index (Phi) is 3.94. The second-order valence-electron chi connectivity index (χ2n) is 4.53. The van der Waals surface area contributed by atoms with E-state index in [9.17, 15) is 4.79 Å². The Labute approximate surface area is 116 Å². The fourth-order valence-electron chi connectivity index (χ4n) is 1.76. The van der Waals surface area contributed by atoms with Gasteiger partial charge in [0.2, 0.25) is 5.91 Å². The van der Waals surface area contributed by atoms with Crippen LogP contribution < -0.4 is 0 Å². The van der Waals surface area contributed by atoms with Gasteiger partial charge in [0.25, 0.3) is 0 Å². The molecule has 0 aliphatic rings. The highest BCUT2D eigenvalue weighted by Gasteiger charge is 2.15. The minimum Gasteiger partial charge on any atom is -0.338 e. The summed E-state index contributed by atoms with van der Waals surface area (Å²) in [5, 5.41) is 8.78. The third-order valence-corrected chi connectivity index (χ3v) is 3.99. The van der Waals surface area contributed by atoms with Crippen LogP contribution in [0.5, 0.6) is 0 Å². The van der Waals surface area contributed by atoms with Crippen molar-refractivity contribution < 1.29 is 4.79 Å². The Morgan fingerprint density at radius 1 is 1.47 bits per heavy atom. The molecule has 0 atom stereocenters. The van der Waals surface area contributed by atoms with Crippen LogP contribution in [0.3, 0.4) is 0 Å². The summed E-state index contributed by atoms with van der Waals surface area (Å²) in [5.41, 5.74) is 0.947. The van der Waals surface area contributed by atoms with Crippen molar-refractivity contribution in [2.24, 2.45) is 7.05 Å². The molecule has 2 heterocycles. The van der Waals surface area contributed by atoms with Gasteiger partial charge >= 0.3 is 0 Å². The van der Waals surface area contributed by atoms with Gasteiger partial charge in [-0.25, -0.2) is 4.98 Å². The van der Waals surface area contributed by atoms with E-state index in [0.717, 1.165) is 21.4 Å². The molecule has 2 aromatic heterocycles. The van der Waals surface area contributed by atoms with Gasteiger partial charge in [0, 0.05) is 19.0 Å².